The molecule has 0 saturated heterocycles. The van der Waals surface area contributed by atoms with Crippen molar-refractivity contribution < 1.29 is 0 Å². The number of nitrogens with one attached hydrogen (secondary N) is 2. The van der Waals surface area contributed by atoms with Gasteiger partial charge in [0, 0.05) is 16.9 Å². The lowest BCUT2D eigenvalue weighted by atomic mass is 9.89. The zero-order valence-corrected chi connectivity index (χ0v) is 41.4. The fourth-order valence-corrected chi connectivity index (χ4v) is 9.23. The monoisotopic (exact) mass is 857 g/mol. The molecule has 0 unspecified atom stereocenters. The first kappa shape index (κ1) is 51.9. The lowest BCUT2D eigenvalue weighted by Crippen LogP contribution is -2.09. The van der Waals surface area contributed by atoms with Gasteiger partial charge in [0.2, 0.25) is 11.9 Å². The van der Waals surface area contributed by atoms with Gasteiger partial charge in [-0.3, -0.25) is 0 Å². The van der Waals surface area contributed by atoms with Gasteiger partial charge >= 0.3 is 0 Å². The van der Waals surface area contributed by atoms with Crippen LogP contribution in [-0.4, -0.2) is 15.0 Å². The Balaban J connectivity index is 1.79. The molecule has 0 aliphatic carbocycles. The predicted octanol–water partition coefficient (Wildman–Crippen LogP) is 17.9. The molecule has 0 atom stereocenters. The molecule has 0 saturated carbocycles. The first-order valence-corrected chi connectivity index (χ1v) is 26.4. The number of anilines is 4. The van der Waals surface area contributed by atoms with Gasteiger partial charge in [-0.25, -0.2) is 0 Å². The summed E-state index contributed by atoms with van der Waals surface area (Å²) < 4.78 is 0. The molecule has 0 fully saturated rings. The van der Waals surface area contributed by atoms with Gasteiger partial charge in [-0.2, -0.15) is 15.0 Å². The maximum atomic E-state index is 5.16. The SMILES string of the molecule is [CH2]c1ccc(-c2nc(Nc3cc(CCCCCC)c(CCCCCC)c(CCCCCC)c3)nc(Nc3cc(CCCCCC)c(CCCCCC)c(CCCCCC)c3)n2)cc1. The molecular weight excluding hydrogens is 767 g/mol. The van der Waals surface area contributed by atoms with Crippen LogP contribution in [-0.2, 0) is 38.5 Å². The summed E-state index contributed by atoms with van der Waals surface area (Å²) in [6.07, 6.45) is 37.5. The van der Waals surface area contributed by atoms with Crippen LogP contribution in [0.15, 0.2) is 48.5 Å². The zero-order valence-electron chi connectivity index (χ0n) is 41.4. The maximum absolute atomic E-state index is 5.16. The fraction of sp³-hybridized carbons (Fsp3) is 0.621. The van der Waals surface area contributed by atoms with Crippen molar-refractivity contribution >= 4 is 23.3 Å². The quantitative estimate of drug-likeness (QED) is 0.0451. The van der Waals surface area contributed by atoms with E-state index >= 15 is 0 Å². The third-order valence-corrected chi connectivity index (χ3v) is 13.0. The van der Waals surface area contributed by atoms with Crippen LogP contribution >= 0.6 is 0 Å². The van der Waals surface area contributed by atoms with E-state index in [2.05, 4.69) is 95.5 Å². The van der Waals surface area contributed by atoms with E-state index in [4.69, 9.17) is 15.0 Å². The molecule has 63 heavy (non-hydrogen) atoms. The summed E-state index contributed by atoms with van der Waals surface area (Å²) in [4.78, 5) is 15.4. The van der Waals surface area contributed by atoms with Crippen molar-refractivity contribution in [3.05, 3.63) is 94.4 Å². The minimum atomic E-state index is 0.581. The molecule has 1 radical (unpaired) electrons. The summed E-state index contributed by atoms with van der Waals surface area (Å²) in [6.45, 7) is 18.0. The van der Waals surface area contributed by atoms with Crippen molar-refractivity contribution in [3.63, 3.8) is 0 Å². The molecule has 0 bridgehead atoms. The second-order valence-corrected chi connectivity index (χ2v) is 18.7. The highest BCUT2D eigenvalue weighted by Gasteiger charge is 2.17. The third kappa shape index (κ3) is 19.1. The molecule has 2 N–H and O–H groups in total. The molecule has 1 aromatic heterocycles. The number of rotatable bonds is 35. The number of aromatic nitrogens is 3. The predicted molar refractivity (Wildman–Crippen MR) is 276 cm³/mol. The molecule has 5 nitrogen and oxygen atoms in total. The van der Waals surface area contributed by atoms with Gasteiger partial charge in [0.25, 0.3) is 0 Å². The normalized spacial score (nSPS) is 11.4. The molecule has 0 amide bonds. The Labute approximate surface area is 387 Å². The molecule has 0 aliphatic heterocycles. The first-order chi connectivity index (χ1) is 30.9. The number of unbranched alkanes of at least 4 members (excludes halogenated alkanes) is 18. The van der Waals surface area contributed by atoms with E-state index in [1.807, 2.05) is 12.1 Å². The molecule has 0 spiro atoms. The van der Waals surface area contributed by atoms with Gasteiger partial charge in [0.05, 0.1) is 0 Å². The van der Waals surface area contributed by atoms with E-state index in [0.29, 0.717) is 17.7 Å². The van der Waals surface area contributed by atoms with E-state index in [9.17, 15) is 0 Å². The first-order valence-electron chi connectivity index (χ1n) is 26.4. The van der Waals surface area contributed by atoms with Crippen molar-refractivity contribution in [1.29, 1.82) is 0 Å². The highest BCUT2D eigenvalue weighted by atomic mass is 15.2. The van der Waals surface area contributed by atoms with Crippen LogP contribution in [0.5, 0.6) is 0 Å². The Morgan fingerprint density at radius 1 is 0.365 bits per heavy atom. The molecule has 3 aromatic carbocycles. The molecule has 4 rings (SSSR count). The van der Waals surface area contributed by atoms with E-state index in [1.165, 1.54) is 189 Å². The highest BCUT2D eigenvalue weighted by molar-refractivity contribution is 5.66. The smallest absolute Gasteiger partial charge is 0.232 e. The Hall–Kier alpha value is -3.73. The van der Waals surface area contributed by atoms with Crippen LogP contribution in [0.3, 0.4) is 0 Å². The summed E-state index contributed by atoms with van der Waals surface area (Å²) >= 11 is 0. The van der Waals surface area contributed by atoms with Crippen molar-refractivity contribution in [1.82, 2.24) is 15.0 Å². The minimum Gasteiger partial charge on any atom is -0.324 e. The van der Waals surface area contributed by atoms with Crippen molar-refractivity contribution in [3.8, 4) is 11.4 Å². The van der Waals surface area contributed by atoms with E-state index in [-0.39, 0.29) is 0 Å². The average Bonchev–Trinajstić information content (AvgIpc) is 3.28. The number of nitrogens with zero attached hydrogens (tertiary/aromatic N) is 3. The Bertz CT molecular complexity index is 1650. The van der Waals surface area contributed by atoms with Crippen molar-refractivity contribution in [2.24, 2.45) is 0 Å². The summed E-state index contributed by atoms with van der Waals surface area (Å²) in [5.41, 5.74) is 13.4. The lowest BCUT2D eigenvalue weighted by molar-refractivity contribution is 0.639. The molecule has 4 aromatic rings. The van der Waals surface area contributed by atoms with Crippen LogP contribution in [0, 0.1) is 6.92 Å². The van der Waals surface area contributed by atoms with Gasteiger partial charge < -0.3 is 10.6 Å². The van der Waals surface area contributed by atoms with Crippen LogP contribution in [0.25, 0.3) is 11.4 Å². The van der Waals surface area contributed by atoms with Crippen LogP contribution in [0.4, 0.5) is 23.3 Å². The maximum Gasteiger partial charge on any atom is 0.232 e. The number of aryl methyl sites for hydroxylation is 4. The summed E-state index contributed by atoms with van der Waals surface area (Å²) in [6, 6.07) is 18.0. The second kappa shape index (κ2) is 31.2. The van der Waals surface area contributed by atoms with Gasteiger partial charge in [-0.15, -0.1) is 0 Å². The fourth-order valence-electron chi connectivity index (χ4n) is 9.23. The van der Waals surface area contributed by atoms with Crippen LogP contribution < -0.4 is 10.6 Å². The van der Waals surface area contributed by atoms with Crippen molar-refractivity contribution in [2.75, 3.05) is 10.6 Å². The Kier molecular flexibility index (Phi) is 25.7. The number of hydrogen-bond donors (Lipinski definition) is 2. The average molecular weight is 857 g/mol. The topological polar surface area (TPSA) is 62.7 Å². The Morgan fingerprint density at radius 3 is 0.968 bits per heavy atom. The largest absolute Gasteiger partial charge is 0.324 e. The van der Waals surface area contributed by atoms with E-state index in [1.54, 1.807) is 11.1 Å². The molecular formula is C58H90N5. The van der Waals surface area contributed by atoms with E-state index < -0.39 is 0 Å². The lowest BCUT2D eigenvalue weighted by Gasteiger charge is -2.20. The Morgan fingerprint density at radius 2 is 0.667 bits per heavy atom. The molecule has 1 heterocycles. The van der Waals surface area contributed by atoms with E-state index in [0.717, 1.165) is 48.2 Å². The summed E-state index contributed by atoms with van der Waals surface area (Å²) in [7, 11) is 0. The molecule has 0 aliphatic rings. The van der Waals surface area contributed by atoms with Gasteiger partial charge in [0.15, 0.2) is 5.82 Å². The van der Waals surface area contributed by atoms with Crippen molar-refractivity contribution in [2.45, 2.75) is 234 Å². The summed E-state index contributed by atoms with van der Waals surface area (Å²) in [5.74, 6) is 1.82. The van der Waals surface area contributed by atoms with Crippen LogP contribution in [0.2, 0.25) is 0 Å². The molecule has 5 heteroatoms. The second-order valence-electron chi connectivity index (χ2n) is 18.7. The standard InChI is InChI=1S/C58H90N5/c1-8-14-20-26-32-48-42-52(43-49(33-27-21-15-9-2)54(48)36-30-24-18-12-5)59-57-61-56(47-40-38-46(7)39-41-47)62-58(63-57)60-53-44-50(34-28-22-16-10-3)55(37-31-25-19-13-6)51(45-53)35-29-23-17-11-4/h38-45H,7-37H2,1-6H3,(H2,59,60,61,62,63). The van der Waals surface area contributed by atoms with Gasteiger partial charge in [-0.1, -0.05) is 181 Å². The third-order valence-electron chi connectivity index (χ3n) is 13.0. The zero-order chi connectivity index (χ0) is 44.9. The van der Waals surface area contributed by atoms with Crippen LogP contribution in [0.1, 0.15) is 235 Å². The van der Waals surface area contributed by atoms with Gasteiger partial charge in [-0.05, 0) is 147 Å². The molecule has 347 valence electrons. The number of hydrogen-bond acceptors (Lipinski definition) is 5. The van der Waals surface area contributed by atoms with Gasteiger partial charge in [0.1, 0.15) is 0 Å². The highest BCUT2D eigenvalue weighted by Crippen LogP contribution is 2.32. The minimum absolute atomic E-state index is 0.581. The summed E-state index contributed by atoms with van der Waals surface area (Å²) in [5, 5.41) is 7.54. The number of benzene rings is 3.